The molecule has 1 aromatic carbocycles. The minimum absolute atomic E-state index is 0.0294. The van der Waals surface area contributed by atoms with Gasteiger partial charge < -0.3 is 15.0 Å². The van der Waals surface area contributed by atoms with Crippen molar-refractivity contribution in [3.63, 3.8) is 0 Å². The predicted octanol–water partition coefficient (Wildman–Crippen LogP) is 2.05. The zero-order chi connectivity index (χ0) is 17.6. The molecule has 1 aliphatic heterocycles. The van der Waals surface area contributed by atoms with Gasteiger partial charge in [0.15, 0.2) is 6.10 Å². The first-order valence-corrected chi connectivity index (χ1v) is 7.65. The highest BCUT2D eigenvalue weighted by Crippen LogP contribution is 2.35. The van der Waals surface area contributed by atoms with Crippen molar-refractivity contribution in [3.8, 4) is 0 Å². The quantitative estimate of drug-likeness (QED) is 0.824. The molecule has 2 rings (SSSR count). The van der Waals surface area contributed by atoms with E-state index in [1.807, 2.05) is 0 Å². The monoisotopic (exact) mass is 344 g/mol. The fraction of sp³-hybridized carbons (Fsp3) is 0.500. The number of benzene rings is 1. The van der Waals surface area contributed by atoms with Crippen LogP contribution in [0.1, 0.15) is 24.5 Å². The first-order chi connectivity index (χ1) is 11.4. The van der Waals surface area contributed by atoms with Gasteiger partial charge in [0.1, 0.15) is 6.61 Å². The van der Waals surface area contributed by atoms with E-state index < -0.39 is 24.8 Å². The van der Waals surface area contributed by atoms with Crippen molar-refractivity contribution in [2.75, 3.05) is 26.2 Å². The molecule has 1 fully saturated rings. The fourth-order valence-electron chi connectivity index (χ4n) is 2.49. The third-order valence-corrected chi connectivity index (χ3v) is 3.66. The van der Waals surface area contributed by atoms with Crippen LogP contribution in [0.5, 0.6) is 0 Å². The third kappa shape index (κ3) is 5.23. The summed E-state index contributed by atoms with van der Waals surface area (Å²) in [7, 11) is 0. The number of carbonyl (C=O) groups is 2. The van der Waals surface area contributed by atoms with Crippen LogP contribution in [0.25, 0.3) is 0 Å². The van der Waals surface area contributed by atoms with Gasteiger partial charge in [0.2, 0.25) is 11.8 Å². The summed E-state index contributed by atoms with van der Waals surface area (Å²) in [6, 6.07) is 7.16. The van der Waals surface area contributed by atoms with Crippen LogP contribution in [0.15, 0.2) is 30.3 Å². The number of nitrogens with zero attached hydrogens (tertiary/aromatic N) is 1. The van der Waals surface area contributed by atoms with Crippen molar-refractivity contribution in [2.45, 2.75) is 25.1 Å². The molecule has 24 heavy (non-hydrogen) atoms. The molecule has 0 unspecified atom stereocenters. The van der Waals surface area contributed by atoms with E-state index >= 15 is 0 Å². The average Bonchev–Trinajstić information content (AvgIpc) is 2.92. The van der Waals surface area contributed by atoms with Gasteiger partial charge in [-0.05, 0) is 12.0 Å². The SMILES string of the molecule is O=C(CO[C@@H](c1ccccc1)C(F)(F)F)NCCN1CCCC1=O. The van der Waals surface area contributed by atoms with Crippen molar-refractivity contribution in [1.82, 2.24) is 10.2 Å². The van der Waals surface area contributed by atoms with E-state index in [9.17, 15) is 22.8 Å². The standard InChI is InChI=1S/C16H19F3N2O3/c17-16(18,19)15(12-5-2-1-3-6-12)24-11-13(22)20-8-10-21-9-4-7-14(21)23/h1-3,5-6,15H,4,7-11H2,(H,20,22)/t15-/m0/s1. The summed E-state index contributed by atoms with van der Waals surface area (Å²) in [5.74, 6) is -0.617. The topological polar surface area (TPSA) is 58.6 Å². The van der Waals surface area contributed by atoms with Crippen LogP contribution < -0.4 is 5.32 Å². The van der Waals surface area contributed by atoms with Crippen molar-refractivity contribution < 1.29 is 27.5 Å². The van der Waals surface area contributed by atoms with Crippen LogP contribution >= 0.6 is 0 Å². The second kappa shape index (κ2) is 8.14. The van der Waals surface area contributed by atoms with Crippen LogP contribution in [0.2, 0.25) is 0 Å². The molecule has 8 heteroatoms. The Labute approximate surface area is 137 Å². The van der Waals surface area contributed by atoms with Gasteiger partial charge >= 0.3 is 6.18 Å². The predicted molar refractivity (Wildman–Crippen MR) is 80.0 cm³/mol. The zero-order valence-corrected chi connectivity index (χ0v) is 13.0. The Morgan fingerprint density at radius 1 is 1.29 bits per heavy atom. The summed E-state index contributed by atoms with van der Waals surface area (Å²) in [6.45, 7) is 0.490. The highest BCUT2D eigenvalue weighted by molar-refractivity contribution is 5.78. The van der Waals surface area contributed by atoms with E-state index in [4.69, 9.17) is 4.74 Å². The number of likely N-dealkylation sites (tertiary alicyclic amines) is 1. The number of hydrogen-bond donors (Lipinski definition) is 1. The van der Waals surface area contributed by atoms with Crippen LogP contribution in [-0.2, 0) is 14.3 Å². The Morgan fingerprint density at radius 3 is 2.58 bits per heavy atom. The minimum Gasteiger partial charge on any atom is -0.354 e. The Balaban J connectivity index is 1.79. The van der Waals surface area contributed by atoms with Crippen molar-refractivity contribution in [2.24, 2.45) is 0 Å². The Morgan fingerprint density at radius 2 is 2.00 bits per heavy atom. The summed E-state index contributed by atoms with van der Waals surface area (Å²) < 4.78 is 43.9. The molecule has 132 valence electrons. The molecule has 0 radical (unpaired) electrons. The molecule has 5 nitrogen and oxygen atoms in total. The molecule has 0 saturated carbocycles. The Hall–Kier alpha value is -2.09. The van der Waals surface area contributed by atoms with Gasteiger partial charge in [0, 0.05) is 26.1 Å². The largest absolute Gasteiger partial charge is 0.418 e. The molecule has 1 N–H and O–H groups in total. The highest BCUT2D eigenvalue weighted by Gasteiger charge is 2.42. The molecule has 1 saturated heterocycles. The lowest BCUT2D eigenvalue weighted by Gasteiger charge is -2.21. The second-order valence-electron chi connectivity index (χ2n) is 5.48. The zero-order valence-electron chi connectivity index (χ0n) is 13.0. The normalized spacial score (nSPS) is 16.3. The highest BCUT2D eigenvalue weighted by atomic mass is 19.4. The first kappa shape index (κ1) is 18.3. The molecule has 0 aliphatic carbocycles. The minimum atomic E-state index is -4.61. The Bertz CT molecular complexity index is 563. The maximum Gasteiger partial charge on any atom is 0.418 e. The number of carbonyl (C=O) groups excluding carboxylic acids is 2. The summed E-state index contributed by atoms with van der Waals surface area (Å²) in [6.07, 6.45) is -5.46. The van der Waals surface area contributed by atoms with Gasteiger partial charge in [-0.25, -0.2) is 0 Å². The smallest absolute Gasteiger partial charge is 0.354 e. The second-order valence-corrected chi connectivity index (χ2v) is 5.48. The van der Waals surface area contributed by atoms with E-state index in [0.717, 1.165) is 6.42 Å². The van der Waals surface area contributed by atoms with Gasteiger partial charge in [-0.2, -0.15) is 13.2 Å². The van der Waals surface area contributed by atoms with Crippen molar-refractivity contribution >= 4 is 11.8 Å². The van der Waals surface area contributed by atoms with E-state index in [0.29, 0.717) is 19.5 Å². The van der Waals surface area contributed by atoms with Crippen LogP contribution in [-0.4, -0.2) is 49.1 Å². The molecule has 0 aromatic heterocycles. The molecular weight excluding hydrogens is 325 g/mol. The number of hydrogen-bond acceptors (Lipinski definition) is 3. The van der Waals surface area contributed by atoms with Gasteiger partial charge in [-0.3, -0.25) is 9.59 Å². The maximum absolute atomic E-state index is 13.1. The van der Waals surface area contributed by atoms with Gasteiger partial charge in [0.25, 0.3) is 0 Å². The Kier molecular flexibility index (Phi) is 6.19. The first-order valence-electron chi connectivity index (χ1n) is 7.65. The van der Waals surface area contributed by atoms with Gasteiger partial charge in [-0.1, -0.05) is 30.3 Å². The van der Waals surface area contributed by atoms with E-state index in [2.05, 4.69) is 5.32 Å². The third-order valence-electron chi connectivity index (χ3n) is 3.66. The van der Waals surface area contributed by atoms with Crippen molar-refractivity contribution in [1.29, 1.82) is 0 Å². The molecule has 1 heterocycles. The number of ether oxygens (including phenoxy) is 1. The molecule has 2 amide bonds. The lowest BCUT2D eigenvalue weighted by atomic mass is 10.1. The maximum atomic E-state index is 13.1. The molecule has 0 bridgehead atoms. The fourth-order valence-corrected chi connectivity index (χ4v) is 2.49. The molecule has 1 aromatic rings. The lowest BCUT2D eigenvalue weighted by Crippen LogP contribution is -2.37. The van der Waals surface area contributed by atoms with E-state index in [1.165, 1.54) is 24.3 Å². The molecular formula is C16H19F3N2O3. The summed E-state index contributed by atoms with van der Waals surface area (Å²) >= 11 is 0. The van der Waals surface area contributed by atoms with Crippen LogP contribution in [0, 0.1) is 0 Å². The number of rotatable bonds is 7. The molecule has 0 spiro atoms. The summed E-state index contributed by atoms with van der Waals surface area (Å²) in [4.78, 5) is 24.7. The van der Waals surface area contributed by atoms with Gasteiger partial charge in [0.05, 0.1) is 0 Å². The lowest BCUT2D eigenvalue weighted by molar-refractivity contribution is -0.223. The van der Waals surface area contributed by atoms with Gasteiger partial charge in [-0.15, -0.1) is 0 Å². The number of halogens is 3. The van der Waals surface area contributed by atoms with E-state index in [1.54, 1.807) is 11.0 Å². The summed E-state index contributed by atoms with van der Waals surface area (Å²) in [5.41, 5.74) is -0.0551. The number of nitrogens with one attached hydrogen (secondary N) is 1. The van der Waals surface area contributed by atoms with Crippen molar-refractivity contribution in [3.05, 3.63) is 35.9 Å². The number of alkyl halides is 3. The van der Waals surface area contributed by atoms with E-state index in [-0.39, 0.29) is 18.0 Å². The average molecular weight is 344 g/mol. The van der Waals surface area contributed by atoms with Crippen LogP contribution in [0.4, 0.5) is 13.2 Å². The van der Waals surface area contributed by atoms with Crippen LogP contribution in [0.3, 0.4) is 0 Å². The summed E-state index contributed by atoms with van der Waals surface area (Å²) in [5, 5.41) is 2.46. The molecule has 1 aliphatic rings. The number of amides is 2. The molecule has 1 atom stereocenters.